The molecular formula is C4H11NO3P+. The molecule has 9 heavy (non-hydrogen) atoms. The molecule has 4 nitrogen and oxygen atoms in total. The number of rotatable bonds is 3. The van der Waals surface area contributed by atoms with Gasteiger partial charge in [0.2, 0.25) is 0 Å². The fraction of sp³-hybridized carbons (Fsp3) is 0.750. The van der Waals surface area contributed by atoms with Crippen LogP contribution in [0.4, 0.5) is 0 Å². The molecule has 0 rings (SSSR count). The van der Waals surface area contributed by atoms with E-state index < -0.39 is 7.60 Å². The molecule has 0 aromatic heterocycles. The molecule has 0 aromatic carbocycles. The van der Waals surface area contributed by atoms with Gasteiger partial charge >= 0.3 is 7.60 Å². The number of nitrogens with zero attached hydrogens (tertiary/aromatic N) is 1. The van der Waals surface area contributed by atoms with Gasteiger partial charge in [-0.1, -0.05) is 0 Å². The molecule has 0 aliphatic rings. The lowest BCUT2D eigenvalue weighted by molar-refractivity contribution is -0.483. The van der Waals surface area contributed by atoms with Gasteiger partial charge in [-0.15, -0.1) is 0 Å². The first kappa shape index (κ1) is 8.82. The molecule has 0 amide bonds. The Morgan fingerprint density at radius 3 is 2.22 bits per heavy atom. The second kappa shape index (κ2) is 3.11. The van der Waals surface area contributed by atoms with Crippen LogP contribution in [0.15, 0.2) is 0 Å². The molecule has 54 valence electrons. The van der Waals surface area contributed by atoms with E-state index in [4.69, 9.17) is 9.79 Å². The zero-order chi connectivity index (χ0) is 7.49. The van der Waals surface area contributed by atoms with Crippen molar-refractivity contribution in [2.24, 2.45) is 0 Å². The van der Waals surface area contributed by atoms with E-state index in [9.17, 15) is 4.57 Å². The van der Waals surface area contributed by atoms with Crippen LogP contribution >= 0.6 is 7.60 Å². The minimum absolute atomic E-state index is 0.118. The zero-order valence-electron chi connectivity index (χ0n) is 5.32. The van der Waals surface area contributed by atoms with Gasteiger partial charge in [0.15, 0.2) is 6.54 Å². The van der Waals surface area contributed by atoms with Crippen LogP contribution in [0.5, 0.6) is 0 Å². The second-order valence-electron chi connectivity index (χ2n) is 1.97. The maximum absolute atomic E-state index is 10.2. The van der Waals surface area contributed by atoms with Crippen molar-refractivity contribution in [2.45, 2.75) is 0 Å². The van der Waals surface area contributed by atoms with Crippen LogP contribution in [-0.2, 0) is 4.57 Å². The van der Waals surface area contributed by atoms with E-state index in [1.807, 2.05) is 0 Å². The summed E-state index contributed by atoms with van der Waals surface area (Å²) in [6, 6.07) is 0. The lowest BCUT2D eigenvalue weighted by Crippen LogP contribution is -2.08. The molecule has 0 heterocycles. The molecule has 0 saturated carbocycles. The first-order valence-corrected chi connectivity index (χ1v) is 4.28. The molecule has 0 unspecified atom stereocenters. The minimum atomic E-state index is -3.80. The molecule has 0 aliphatic carbocycles. The van der Waals surface area contributed by atoms with E-state index in [1.165, 1.54) is 4.58 Å². The van der Waals surface area contributed by atoms with Crippen LogP contribution in [0.2, 0.25) is 0 Å². The molecule has 0 aliphatic heterocycles. The molecule has 0 atom stereocenters. The Hall–Kier alpha value is -0.180. The third kappa shape index (κ3) is 7.82. The van der Waals surface area contributed by atoms with Crippen LogP contribution < -0.4 is 0 Å². The van der Waals surface area contributed by atoms with E-state index in [0.717, 1.165) is 0 Å². The van der Waals surface area contributed by atoms with Crippen molar-refractivity contribution in [3.63, 3.8) is 0 Å². The molecular weight excluding hydrogens is 141 g/mol. The minimum Gasteiger partial charge on any atom is -0.324 e. The summed E-state index contributed by atoms with van der Waals surface area (Å²) in [5, 5.41) is 0. The smallest absolute Gasteiger partial charge is 0.324 e. The summed E-state index contributed by atoms with van der Waals surface area (Å²) in [6.07, 6.45) is -0.118. The summed E-state index contributed by atoms with van der Waals surface area (Å²) in [4.78, 5) is 16.6. The molecule has 0 aromatic rings. The maximum atomic E-state index is 10.2. The Morgan fingerprint density at radius 1 is 1.67 bits per heavy atom. The summed E-state index contributed by atoms with van der Waals surface area (Å²) in [7, 11) is -2.14. The SMILES string of the molecule is C=[N+](C)CCP(=O)(O)O. The Bertz CT molecular complexity index is 150. The van der Waals surface area contributed by atoms with Gasteiger partial charge in [0.25, 0.3) is 0 Å². The number of hydrogen-bond donors (Lipinski definition) is 2. The van der Waals surface area contributed by atoms with Gasteiger partial charge in [-0.25, -0.2) is 4.58 Å². The first-order valence-electron chi connectivity index (χ1n) is 2.48. The number of hydrogen-bond acceptors (Lipinski definition) is 1. The topological polar surface area (TPSA) is 60.5 Å². The van der Waals surface area contributed by atoms with Crippen molar-refractivity contribution in [1.82, 2.24) is 0 Å². The maximum Gasteiger partial charge on any atom is 0.331 e. The van der Waals surface area contributed by atoms with Crippen molar-refractivity contribution in [1.29, 1.82) is 0 Å². The standard InChI is InChI=1S/C4H10NO3P/c1-5(2)3-4-9(6,7)8/h1,3-4H2,2H3,(H-,6,7,8)/p+1. The largest absolute Gasteiger partial charge is 0.331 e. The Morgan fingerprint density at radius 2 is 2.11 bits per heavy atom. The van der Waals surface area contributed by atoms with Gasteiger partial charge in [-0.05, 0) is 0 Å². The Kier molecular flexibility index (Phi) is 3.04. The van der Waals surface area contributed by atoms with Gasteiger partial charge in [0, 0.05) is 0 Å². The molecule has 0 fully saturated rings. The molecule has 0 saturated heterocycles. The third-order valence-electron chi connectivity index (χ3n) is 0.773. The zero-order valence-corrected chi connectivity index (χ0v) is 6.21. The van der Waals surface area contributed by atoms with Crippen molar-refractivity contribution in [3.05, 3.63) is 0 Å². The highest BCUT2D eigenvalue weighted by Gasteiger charge is 2.13. The van der Waals surface area contributed by atoms with Crippen LogP contribution in [0.3, 0.4) is 0 Å². The monoisotopic (exact) mass is 152 g/mol. The van der Waals surface area contributed by atoms with Crippen LogP contribution in [-0.4, -0.2) is 40.8 Å². The van der Waals surface area contributed by atoms with Gasteiger partial charge in [0.1, 0.15) is 19.9 Å². The normalized spacial score (nSPS) is 11.4. The average molecular weight is 152 g/mol. The van der Waals surface area contributed by atoms with Crippen molar-refractivity contribution in [3.8, 4) is 0 Å². The summed E-state index contributed by atoms with van der Waals surface area (Å²) >= 11 is 0. The Labute approximate surface area is 54.0 Å². The molecule has 0 bridgehead atoms. The lowest BCUT2D eigenvalue weighted by atomic mass is 10.7. The van der Waals surface area contributed by atoms with Crippen molar-refractivity contribution >= 4 is 14.3 Å². The van der Waals surface area contributed by atoms with Crippen LogP contribution in [0.1, 0.15) is 0 Å². The summed E-state index contributed by atoms with van der Waals surface area (Å²) in [6.45, 7) is 3.76. The summed E-state index contributed by atoms with van der Waals surface area (Å²) in [5.41, 5.74) is 0. The highest BCUT2D eigenvalue weighted by molar-refractivity contribution is 7.51. The lowest BCUT2D eigenvalue weighted by Gasteiger charge is -1.98. The summed E-state index contributed by atoms with van der Waals surface area (Å²) in [5.74, 6) is 0. The van der Waals surface area contributed by atoms with Gasteiger partial charge in [-0.3, -0.25) is 4.57 Å². The van der Waals surface area contributed by atoms with E-state index in [1.54, 1.807) is 7.05 Å². The molecule has 5 heteroatoms. The van der Waals surface area contributed by atoms with E-state index in [0.29, 0.717) is 6.54 Å². The van der Waals surface area contributed by atoms with Crippen molar-refractivity contribution < 1.29 is 18.9 Å². The third-order valence-corrected chi connectivity index (χ3v) is 1.56. The highest BCUT2D eigenvalue weighted by atomic mass is 31.2. The average Bonchev–Trinajstić information content (AvgIpc) is 1.59. The fourth-order valence-corrected chi connectivity index (χ4v) is 0.903. The highest BCUT2D eigenvalue weighted by Crippen LogP contribution is 2.32. The predicted octanol–water partition coefficient (Wildman–Crippen LogP) is -0.493. The molecule has 0 radical (unpaired) electrons. The van der Waals surface area contributed by atoms with Gasteiger partial charge < -0.3 is 9.79 Å². The first-order chi connectivity index (χ1) is 3.92. The van der Waals surface area contributed by atoms with E-state index >= 15 is 0 Å². The van der Waals surface area contributed by atoms with Crippen LogP contribution in [0.25, 0.3) is 0 Å². The van der Waals surface area contributed by atoms with Gasteiger partial charge in [-0.2, -0.15) is 0 Å². The van der Waals surface area contributed by atoms with Gasteiger partial charge in [0.05, 0.1) is 0 Å². The van der Waals surface area contributed by atoms with E-state index in [-0.39, 0.29) is 6.16 Å². The van der Waals surface area contributed by atoms with E-state index in [2.05, 4.69) is 6.72 Å². The van der Waals surface area contributed by atoms with Crippen LogP contribution in [0, 0.1) is 0 Å². The summed E-state index contributed by atoms with van der Waals surface area (Å²) < 4.78 is 11.7. The van der Waals surface area contributed by atoms with Crippen molar-refractivity contribution in [2.75, 3.05) is 19.8 Å². The Balaban J connectivity index is 3.53. The predicted molar refractivity (Wildman–Crippen MR) is 35.1 cm³/mol. The second-order valence-corrected chi connectivity index (χ2v) is 3.74. The quantitative estimate of drug-likeness (QED) is 0.326. The molecule has 0 spiro atoms. The molecule has 2 N–H and O–H groups in total. The fourth-order valence-electron chi connectivity index (χ4n) is 0.301.